The van der Waals surface area contributed by atoms with Gasteiger partial charge in [-0.05, 0) is 55.5 Å². The Bertz CT molecular complexity index is 620. The number of hydrogen-bond donors (Lipinski definition) is 0. The highest BCUT2D eigenvalue weighted by molar-refractivity contribution is 5.94. The average molecular weight is 338 g/mol. The van der Waals surface area contributed by atoms with Crippen LogP contribution in [0.2, 0.25) is 0 Å². The van der Waals surface area contributed by atoms with Gasteiger partial charge >= 0.3 is 0 Å². The van der Waals surface area contributed by atoms with Crippen LogP contribution in [0.1, 0.15) is 31.7 Å². The quantitative estimate of drug-likeness (QED) is 0.363. The largest absolute Gasteiger partial charge is 0.385 e. The highest BCUT2D eigenvalue weighted by atomic mass is 16.5. The highest BCUT2D eigenvalue weighted by Gasteiger charge is 2.11. The normalized spacial score (nSPS) is 16.0. The Morgan fingerprint density at radius 3 is 2.60 bits per heavy atom. The molecule has 1 fully saturated rings. The number of anilines is 1. The van der Waals surface area contributed by atoms with Crippen molar-refractivity contribution in [2.75, 3.05) is 38.3 Å². The Morgan fingerprint density at radius 2 is 1.96 bits per heavy atom. The molecule has 134 valence electrons. The van der Waals surface area contributed by atoms with Crippen molar-refractivity contribution in [2.45, 2.75) is 26.2 Å². The molecule has 1 saturated heterocycles. The number of ether oxygens (including phenoxy) is 1. The van der Waals surface area contributed by atoms with Gasteiger partial charge in [0.1, 0.15) is 0 Å². The first-order chi connectivity index (χ1) is 12.2. The summed E-state index contributed by atoms with van der Waals surface area (Å²) in [4.78, 5) is 6.98. The van der Waals surface area contributed by atoms with Crippen LogP contribution >= 0.6 is 0 Å². The van der Waals surface area contributed by atoms with E-state index in [9.17, 15) is 0 Å². The summed E-state index contributed by atoms with van der Waals surface area (Å²) in [6.07, 6.45) is 11.7. The Hall–Kier alpha value is -2.13. The van der Waals surface area contributed by atoms with Crippen molar-refractivity contribution >= 4 is 17.5 Å². The minimum absolute atomic E-state index is 0.752. The van der Waals surface area contributed by atoms with Gasteiger partial charge in [0.15, 0.2) is 0 Å². The van der Waals surface area contributed by atoms with Crippen molar-refractivity contribution in [3.63, 3.8) is 0 Å². The fourth-order valence-electron chi connectivity index (χ4n) is 2.89. The van der Waals surface area contributed by atoms with Gasteiger partial charge in [-0.2, -0.15) is 0 Å². The maximum atomic E-state index is 5.04. The van der Waals surface area contributed by atoms with E-state index in [0.717, 1.165) is 30.9 Å². The first-order valence-electron chi connectivity index (χ1n) is 9.10. The number of allylic oxidation sites excluding steroid dienone is 4. The number of aliphatic imine (C=N–C) groups is 1. The molecular formula is C22H30N2O. The topological polar surface area (TPSA) is 24.8 Å². The van der Waals surface area contributed by atoms with Gasteiger partial charge in [0, 0.05) is 44.8 Å². The van der Waals surface area contributed by atoms with E-state index in [1.165, 1.54) is 37.2 Å². The monoisotopic (exact) mass is 338 g/mol. The van der Waals surface area contributed by atoms with E-state index in [4.69, 9.17) is 4.74 Å². The van der Waals surface area contributed by atoms with Crippen molar-refractivity contribution in [2.24, 2.45) is 4.99 Å². The summed E-state index contributed by atoms with van der Waals surface area (Å²) in [6, 6.07) is 8.78. The van der Waals surface area contributed by atoms with Crippen LogP contribution in [-0.4, -0.2) is 39.1 Å². The van der Waals surface area contributed by atoms with Crippen LogP contribution in [0.4, 0.5) is 5.69 Å². The maximum Gasteiger partial charge on any atom is 0.0479 e. The van der Waals surface area contributed by atoms with E-state index in [-0.39, 0.29) is 0 Å². The summed E-state index contributed by atoms with van der Waals surface area (Å²) in [6.45, 7) is 9.83. The number of nitrogens with zero attached hydrogens (tertiary/aromatic N) is 2. The lowest BCUT2D eigenvalue weighted by molar-refractivity contribution is 0.197. The van der Waals surface area contributed by atoms with Gasteiger partial charge in [0.25, 0.3) is 0 Å². The van der Waals surface area contributed by atoms with Crippen LogP contribution < -0.4 is 4.90 Å². The molecule has 0 bridgehead atoms. The van der Waals surface area contributed by atoms with E-state index >= 15 is 0 Å². The lowest BCUT2D eigenvalue weighted by Gasteiger charge is -2.17. The summed E-state index contributed by atoms with van der Waals surface area (Å²) >= 11 is 0. The second-order valence-corrected chi connectivity index (χ2v) is 6.34. The molecule has 0 aliphatic carbocycles. The van der Waals surface area contributed by atoms with Gasteiger partial charge < -0.3 is 9.64 Å². The van der Waals surface area contributed by atoms with Crippen LogP contribution in [0.5, 0.6) is 0 Å². The van der Waals surface area contributed by atoms with Gasteiger partial charge in [0.05, 0.1) is 0 Å². The molecule has 0 spiro atoms. The van der Waals surface area contributed by atoms with Gasteiger partial charge in [-0.1, -0.05) is 36.9 Å². The molecule has 1 aliphatic heterocycles. The number of rotatable bonds is 9. The molecule has 0 N–H and O–H groups in total. The second kappa shape index (κ2) is 10.7. The third kappa shape index (κ3) is 6.71. The first kappa shape index (κ1) is 19.2. The maximum absolute atomic E-state index is 5.04. The van der Waals surface area contributed by atoms with Crippen LogP contribution in [0, 0.1) is 0 Å². The second-order valence-electron chi connectivity index (χ2n) is 6.34. The zero-order valence-electron chi connectivity index (χ0n) is 15.6. The molecule has 0 aromatic heterocycles. The Kier molecular flexibility index (Phi) is 8.20. The fourth-order valence-corrected chi connectivity index (χ4v) is 2.89. The van der Waals surface area contributed by atoms with E-state index in [2.05, 4.69) is 59.0 Å². The highest BCUT2D eigenvalue weighted by Crippen LogP contribution is 2.21. The van der Waals surface area contributed by atoms with Crippen LogP contribution in [-0.2, 0) is 4.74 Å². The zero-order chi connectivity index (χ0) is 17.9. The fraction of sp³-hybridized carbons (Fsp3) is 0.409. The molecule has 0 radical (unpaired) electrons. The molecular weight excluding hydrogens is 308 g/mol. The van der Waals surface area contributed by atoms with E-state index < -0.39 is 0 Å². The SMILES string of the molecule is C=CC(/C=C/c1ccc(N2CCCC2)cc1)=C\C(C)=NCCCOC. The van der Waals surface area contributed by atoms with Crippen molar-refractivity contribution in [3.8, 4) is 0 Å². The molecule has 0 saturated carbocycles. The van der Waals surface area contributed by atoms with Gasteiger partial charge in [0.2, 0.25) is 0 Å². The number of benzene rings is 1. The minimum atomic E-state index is 0.752. The van der Waals surface area contributed by atoms with Gasteiger partial charge in [-0.3, -0.25) is 4.99 Å². The Morgan fingerprint density at radius 1 is 1.24 bits per heavy atom. The standard InChI is InChI=1S/C22H30N2O/c1-4-20(18-19(2)23-14-7-17-25-3)8-9-21-10-12-22(13-11-21)24-15-5-6-16-24/h4,8-13,18H,1,5-7,14-17H2,2-3H3/b9-8+,20-18+,23-19?. The zero-order valence-corrected chi connectivity index (χ0v) is 15.6. The summed E-state index contributed by atoms with van der Waals surface area (Å²) in [7, 11) is 1.72. The molecule has 3 heteroatoms. The lowest BCUT2D eigenvalue weighted by atomic mass is 10.1. The summed E-state index contributed by atoms with van der Waals surface area (Å²) < 4.78 is 5.04. The first-order valence-corrected chi connectivity index (χ1v) is 9.10. The van der Waals surface area contributed by atoms with Crippen LogP contribution in [0.15, 0.2) is 59.6 Å². The molecule has 1 heterocycles. The summed E-state index contributed by atoms with van der Waals surface area (Å²) in [5.74, 6) is 0. The minimum Gasteiger partial charge on any atom is -0.385 e. The molecule has 0 unspecified atom stereocenters. The predicted molar refractivity (Wildman–Crippen MR) is 110 cm³/mol. The smallest absolute Gasteiger partial charge is 0.0479 e. The predicted octanol–water partition coefficient (Wildman–Crippen LogP) is 4.91. The van der Waals surface area contributed by atoms with Crippen molar-refractivity contribution in [1.82, 2.24) is 0 Å². The van der Waals surface area contributed by atoms with E-state index in [1.54, 1.807) is 7.11 Å². The molecule has 0 atom stereocenters. The van der Waals surface area contributed by atoms with Crippen molar-refractivity contribution in [1.29, 1.82) is 0 Å². The van der Waals surface area contributed by atoms with Crippen LogP contribution in [0.3, 0.4) is 0 Å². The average Bonchev–Trinajstić information content (AvgIpc) is 3.17. The Labute approximate surface area is 152 Å². The molecule has 0 amide bonds. The third-order valence-electron chi connectivity index (χ3n) is 4.31. The third-order valence-corrected chi connectivity index (χ3v) is 4.31. The molecule has 3 nitrogen and oxygen atoms in total. The van der Waals surface area contributed by atoms with E-state index in [0.29, 0.717) is 0 Å². The Balaban J connectivity index is 1.95. The van der Waals surface area contributed by atoms with Gasteiger partial charge in [-0.25, -0.2) is 0 Å². The van der Waals surface area contributed by atoms with Gasteiger partial charge in [-0.15, -0.1) is 0 Å². The molecule has 2 rings (SSSR count). The van der Waals surface area contributed by atoms with Crippen LogP contribution in [0.25, 0.3) is 6.08 Å². The van der Waals surface area contributed by atoms with Crippen molar-refractivity contribution < 1.29 is 4.74 Å². The van der Waals surface area contributed by atoms with Crippen molar-refractivity contribution in [3.05, 3.63) is 60.2 Å². The molecule has 1 aromatic rings. The molecule has 25 heavy (non-hydrogen) atoms. The lowest BCUT2D eigenvalue weighted by Crippen LogP contribution is -2.17. The number of methoxy groups -OCH3 is 1. The molecule has 1 aliphatic rings. The molecule has 1 aromatic carbocycles. The van der Waals surface area contributed by atoms with E-state index in [1.807, 2.05) is 13.0 Å². The summed E-state index contributed by atoms with van der Waals surface area (Å²) in [5.41, 5.74) is 4.61. The number of hydrogen-bond acceptors (Lipinski definition) is 3. The summed E-state index contributed by atoms with van der Waals surface area (Å²) in [5, 5.41) is 0.